The molecule has 166 valence electrons. The van der Waals surface area contributed by atoms with Crippen molar-refractivity contribution in [3.8, 4) is 11.6 Å². The molecule has 4 aromatic rings. The second-order valence-corrected chi connectivity index (χ2v) is 10.7. The molecule has 0 bridgehead atoms. The molecule has 8 nitrogen and oxygen atoms in total. The predicted molar refractivity (Wildman–Crippen MR) is 125 cm³/mol. The summed E-state index contributed by atoms with van der Waals surface area (Å²) in [5.74, 6) is 0.694. The van der Waals surface area contributed by atoms with Gasteiger partial charge in [-0.2, -0.15) is 0 Å². The molecule has 1 aromatic carbocycles. The maximum absolute atomic E-state index is 13.1. The van der Waals surface area contributed by atoms with Crippen LogP contribution in [0.2, 0.25) is 0 Å². The third kappa shape index (κ3) is 3.81. The number of rotatable bonds is 5. The van der Waals surface area contributed by atoms with Crippen LogP contribution in [0.5, 0.6) is 0 Å². The lowest BCUT2D eigenvalue weighted by Crippen LogP contribution is -2.22. The number of aromatic nitrogens is 2. The summed E-state index contributed by atoms with van der Waals surface area (Å²) < 4.78 is 31.5. The van der Waals surface area contributed by atoms with Gasteiger partial charge in [-0.1, -0.05) is 6.07 Å². The molecule has 3 heterocycles. The summed E-state index contributed by atoms with van der Waals surface area (Å²) in [5.41, 5.74) is 2.73. The van der Waals surface area contributed by atoms with Gasteiger partial charge in [-0.05, 0) is 56.2 Å². The Morgan fingerprint density at radius 2 is 1.88 bits per heavy atom. The molecule has 1 amide bonds. The second-order valence-electron chi connectivity index (χ2n) is 7.56. The molecule has 0 spiro atoms. The van der Waals surface area contributed by atoms with Crippen molar-refractivity contribution < 1.29 is 17.6 Å². The quantitative estimate of drug-likeness (QED) is 0.464. The van der Waals surface area contributed by atoms with Crippen molar-refractivity contribution in [1.29, 1.82) is 0 Å². The van der Waals surface area contributed by atoms with Crippen LogP contribution >= 0.6 is 11.3 Å². The van der Waals surface area contributed by atoms with Gasteiger partial charge in [-0.15, -0.1) is 11.3 Å². The number of thiophene rings is 1. The fraction of sp³-hybridized carbons (Fsp3) is 0.227. The Hall–Kier alpha value is -3.08. The number of furan rings is 1. The van der Waals surface area contributed by atoms with Crippen LogP contribution in [0.25, 0.3) is 21.8 Å². The molecular weight excluding hydrogens is 448 g/mol. The van der Waals surface area contributed by atoms with Crippen molar-refractivity contribution in [3.63, 3.8) is 0 Å². The van der Waals surface area contributed by atoms with E-state index < -0.39 is 10.0 Å². The Kier molecular flexibility index (Phi) is 5.61. The van der Waals surface area contributed by atoms with Crippen LogP contribution in [0.1, 0.15) is 26.5 Å². The predicted octanol–water partition coefficient (Wildman–Crippen LogP) is 4.38. The fourth-order valence-electron chi connectivity index (χ4n) is 3.36. The molecule has 0 aliphatic heterocycles. The summed E-state index contributed by atoms with van der Waals surface area (Å²) in [6, 6.07) is 8.23. The minimum absolute atomic E-state index is 0.112. The molecule has 10 heteroatoms. The van der Waals surface area contributed by atoms with Crippen LogP contribution in [0, 0.1) is 20.8 Å². The lowest BCUT2D eigenvalue weighted by atomic mass is 10.1. The average Bonchev–Trinajstić information content (AvgIpc) is 3.38. The Balaban J connectivity index is 1.72. The summed E-state index contributed by atoms with van der Waals surface area (Å²) in [6.07, 6.45) is 1.56. The smallest absolute Gasteiger partial charge is 0.266 e. The number of sulfonamides is 1. The fourth-order valence-corrected chi connectivity index (χ4v) is 5.41. The minimum atomic E-state index is -3.62. The van der Waals surface area contributed by atoms with Crippen molar-refractivity contribution in [2.24, 2.45) is 0 Å². The summed E-state index contributed by atoms with van der Waals surface area (Å²) in [7, 11) is -0.686. The van der Waals surface area contributed by atoms with Gasteiger partial charge in [0.05, 0.1) is 21.7 Å². The highest BCUT2D eigenvalue weighted by atomic mass is 32.2. The Labute approximate surface area is 190 Å². The van der Waals surface area contributed by atoms with E-state index in [2.05, 4.69) is 15.3 Å². The van der Waals surface area contributed by atoms with Crippen molar-refractivity contribution in [1.82, 2.24) is 14.3 Å². The van der Waals surface area contributed by atoms with Crippen LogP contribution in [0.15, 0.2) is 45.9 Å². The number of benzene rings is 1. The number of anilines is 1. The topological polar surface area (TPSA) is 105 Å². The van der Waals surface area contributed by atoms with Gasteiger partial charge >= 0.3 is 0 Å². The first-order valence-corrected chi connectivity index (χ1v) is 12.0. The summed E-state index contributed by atoms with van der Waals surface area (Å²) >= 11 is 1.27. The molecule has 32 heavy (non-hydrogen) atoms. The molecule has 3 aromatic heterocycles. The molecule has 0 radical (unpaired) electrons. The van der Waals surface area contributed by atoms with Crippen LogP contribution in [0.3, 0.4) is 0 Å². The number of aryl methyl sites for hydroxylation is 3. The molecule has 0 saturated heterocycles. The van der Waals surface area contributed by atoms with Crippen molar-refractivity contribution in [2.45, 2.75) is 25.7 Å². The van der Waals surface area contributed by atoms with Crippen molar-refractivity contribution in [2.75, 3.05) is 19.4 Å². The van der Waals surface area contributed by atoms with Crippen LogP contribution in [0.4, 0.5) is 5.69 Å². The van der Waals surface area contributed by atoms with E-state index in [0.29, 0.717) is 27.0 Å². The monoisotopic (exact) mass is 470 g/mol. The first-order valence-electron chi connectivity index (χ1n) is 9.75. The second kappa shape index (κ2) is 8.12. The first-order chi connectivity index (χ1) is 15.1. The Morgan fingerprint density at radius 3 is 2.53 bits per heavy atom. The summed E-state index contributed by atoms with van der Waals surface area (Å²) in [4.78, 5) is 23.6. The maximum atomic E-state index is 13.1. The average molecular weight is 471 g/mol. The molecule has 0 fully saturated rings. The largest absolute Gasteiger partial charge is 0.461 e. The first kappa shape index (κ1) is 22.1. The number of hydrogen-bond donors (Lipinski definition) is 1. The number of nitrogens with one attached hydrogen (secondary N) is 1. The highest BCUT2D eigenvalue weighted by Gasteiger charge is 2.22. The van der Waals surface area contributed by atoms with Gasteiger partial charge in [0.25, 0.3) is 5.91 Å². The molecule has 0 unspecified atom stereocenters. The third-order valence-electron chi connectivity index (χ3n) is 5.15. The molecule has 0 aliphatic rings. The standard InChI is InChI=1S/C22H22N4O4S2/c1-12-8-9-15(32(28,29)26(4)5)11-16(12)24-21(27)19-13(2)18-14(3)23-20(25-22(18)31-19)17-7-6-10-30-17/h6-11H,1-5H3,(H,24,27). The van der Waals surface area contributed by atoms with E-state index in [0.717, 1.165) is 26.5 Å². The number of carbonyl (C=O) groups excluding carboxylic acids is 1. The maximum Gasteiger partial charge on any atom is 0.266 e. The van der Waals surface area contributed by atoms with Gasteiger partial charge in [0.1, 0.15) is 4.83 Å². The van der Waals surface area contributed by atoms with Crippen LogP contribution in [-0.2, 0) is 10.0 Å². The van der Waals surface area contributed by atoms with E-state index in [1.54, 1.807) is 24.5 Å². The molecule has 4 rings (SSSR count). The van der Waals surface area contributed by atoms with Gasteiger partial charge in [0.2, 0.25) is 10.0 Å². The zero-order valence-corrected chi connectivity index (χ0v) is 19.9. The lowest BCUT2D eigenvalue weighted by molar-refractivity contribution is 0.103. The molecule has 0 saturated carbocycles. The van der Waals surface area contributed by atoms with Gasteiger partial charge in [-0.3, -0.25) is 4.79 Å². The third-order valence-corrected chi connectivity index (χ3v) is 8.15. The van der Waals surface area contributed by atoms with E-state index in [4.69, 9.17) is 4.42 Å². The van der Waals surface area contributed by atoms with Crippen LogP contribution in [-0.4, -0.2) is 42.7 Å². The van der Waals surface area contributed by atoms with E-state index >= 15 is 0 Å². The number of hydrogen-bond acceptors (Lipinski definition) is 7. The van der Waals surface area contributed by atoms with Gasteiger partial charge in [0.15, 0.2) is 11.6 Å². The number of amides is 1. The zero-order valence-electron chi connectivity index (χ0n) is 18.3. The molecular formula is C22H22N4O4S2. The van der Waals surface area contributed by atoms with Crippen molar-refractivity contribution in [3.05, 3.63) is 58.3 Å². The van der Waals surface area contributed by atoms with Crippen LogP contribution < -0.4 is 5.32 Å². The number of carbonyl (C=O) groups is 1. The van der Waals surface area contributed by atoms with E-state index in [9.17, 15) is 13.2 Å². The van der Waals surface area contributed by atoms with Gasteiger partial charge < -0.3 is 9.73 Å². The molecule has 1 N–H and O–H groups in total. The summed E-state index contributed by atoms with van der Waals surface area (Å²) in [6.45, 7) is 5.54. The van der Waals surface area contributed by atoms with Crippen molar-refractivity contribution >= 4 is 43.2 Å². The summed E-state index contributed by atoms with van der Waals surface area (Å²) in [5, 5.41) is 3.69. The zero-order chi connectivity index (χ0) is 23.2. The Morgan fingerprint density at radius 1 is 1.12 bits per heavy atom. The van der Waals surface area contributed by atoms with Gasteiger partial charge in [0, 0.05) is 25.2 Å². The van der Waals surface area contributed by atoms with E-state index in [1.165, 1.54) is 37.6 Å². The van der Waals surface area contributed by atoms with Gasteiger partial charge in [-0.25, -0.2) is 22.7 Å². The Bertz CT molecular complexity index is 1440. The lowest BCUT2D eigenvalue weighted by Gasteiger charge is -2.14. The van der Waals surface area contributed by atoms with E-state index in [1.807, 2.05) is 20.8 Å². The molecule has 0 aliphatic carbocycles. The SMILES string of the molecule is Cc1ccc(S(=O)(=O)N(C)C)cc1NC(=O)c1sc2nc(-c3ccco3)nc(C)c2c1C. The normalized spacial score (nSPS) is 11.9. The highest BCUT2D eigenvalue weighted by Crippen LogP contribution is 2.34. The van der Waals surface area contributed by atoms with E-state index in [-0.39, 0.29) is 10.8 Å². The number of nitrogens with zero attached hydrogens (tertiary/aromatic N) is 3. The highest BCUT2D eigenvalue weighted by molar-refractivity contribution is 7.89. The minimum Gasteiger partial charge on any atom is -0.461 e. The number of fused-ring (bicyclic) bond motifs is 1. The molecule has 0 atom stereocenters.